The molecule has 0 unspecified atom stereocenters. The molecule has 0 fully saturated rings. The van der Waals surface area contributed by atoms with Gasteiger partial charge in [-0.1, -0.05) is 127 Å². The van der Waals surface area contributed by atoms with Gasteiger partial charge in [-0.25, -0.2) is 0 Å². The summed E-state index contributed by atoms with van der Waals surface area (Å²) in [6.45, 7) is 8.56. The first-order valence-corrected chi connectivity index (χ1v) is 10.8. The molecule has 4 aromatic rings. The Morgan fingerprint density at radius 1 is 0.400 bits per heavy atom. The Balaban J connectivity index is 0.000000172. The van der Waals surface area contributed by atoms with Crippen molar-refractivity contribution in [2.24, 2.45) is 0 Å². The van der Waals surface area contributed by atoms with Gasteiger partial charge >= 0.3 is 0 Å². The first-order valence-electron chi connectivity index (χ1n) is 10.8. The first kappa shape index (κ1) is 21.6. The number of benzene rings is 4. The molecule has 0 aromatic heterocycles. The van der Waals surface area contributed by atoms with Crippen molar-refractivity contribution in [2.45, 2.75) is 40.5 Å². The lowest BCUT2D eigenvalue weighted by atomic mass is 10.0. The van der Waals surface area contributed by atoms with Crippen LogP contribution in [0.1, 0.15) is 35.6 Å². The molecule has 152 valence electrons. The zero-order valence-electron chi connectivity index (χ0n) is 18.7. The lowest BCUT2D eigenvalue weighted by molar-refractivity contribution is 0.922. The zero-order chi connectivity index (χ0) is 21.3. The van der Waals surface area contributed by atoms with Gasteiger partial charge in [0.05, 0.1) is 0 Å². The van der Waals surface area contributed by atoms with Crippen LogP contribution in [0, 0.1) is 20.8 Å². The predicted molar refractivity (Wildman–Crippen MR) is 132 cm³/mol. The predicted octanol–water partition coefficient (Wildman–Crippen LogP) is 8.58. The molecular weight excluding hydrogens is 360 g/mol. The maximum Gasteiger partial charge on any atom is -0.0184 e. The van der Waals surface area contributed by atoms with Crippen LogP contribution in [0.15, 0.2) is 97.1 Å². The van der Waals surface area contributed by atoms with Crippen LogP contribution in [0.3, 0.4) is 0 Å². The van der Waals surface area contributed by atoms with Crippen molar-refractivity contribution in [3.8, 4) is 22.3 Å². The van der Waals surface area contributed by atoms with Crippen LogP contribution < -0.4 is 0 Å². The molecule has 0 aliphatic heterocycles. The summed E-state index contributed by atoms with van der Waals surface area (Å²) < 4.78 is 0. The minimum absolute atomic E-state index is 1.17. The average Bonchev–Trinajstić information content (AvgIpc) is 2.77. The number of aryl methyl sites for hydroxylation is 4. The summed E-state index contributed by atoms with van der Waals surface area (Å²) in [6, 6.07) is 34.9. The molecule has 0 bridgehead atoms. The Hall–Kier alpha value is -3.12. The van der Waals surface area contributed by atoms with Crippen LogP contribution in [-0.2, 0) is 6.42 Å². The lowest BCUT2D eigenvalue weighted by Gasteiger charge is -2.04. The van der Waals surface area contributed by atoms with Gasteiger partial charge in [-0.2, -0.15) is 0 Å². The van der Waals surface area contributed by atoms with Gasteiger partial charge < -0.3 is 0 Å². The van der Waals surface area contributed by atoms with Crippen molar-refractivity contribution in [2.75, 3.05) is 0 Å². The SMILES string of the molecule is CCCc1ccc(-c2ccc(C)cc2)cc1.Cc1ccc(-c2ccc(C)cc2)cc1. The molecule has 0 saturated heterocycles. The summed E-state index contributed by atoms with van der Waals surface area (Å²) >= 11 is 0. The molecule has 0 N–H and O–H groups in total. The van der Waals surface area contributed by atoms with Crippen LogP contribution >= 0.6 is 0 Å². The van der Waals surface area contributed by atoms with Gasteiger partial charge in [0.1, 0.15) is 0 Å². The van der Waals surface area contributed by atoms with E-state index in [2.05, 4.69) is 125 Å². The highest BCUT2D eigenvalue weighted by Crippen LogP contribution is 2.21. The molecule has 0 heteroatoms. The van der Waals surface area contributed by atoms with E-state index in [4.69, 9.17) is 0 Å². The smallest absolute Gasteiger partial charge is 0.0184 e. The van der Waals surface area contributed by atoms with E-state index >= 15 is 0 Å². The fourth-order valence-corrected chi connectivity index (χ4v) is 3.39. The lowest BCUT2D eigenvalue weighted by Crippen LogP contribution is -1.83. The second-order valence-electron chi connectivity index (χ2n) is 8.04. The molecule has 0 nitrogen and oxygen atoms in total. The zero-order valence-corrected chi connectivity index (χ0v) is 18.7. The van der Waals surface area contributed by atoms with E-state index in [9.17, 15) is 0 Å². The minimum atomic E-state index is 1.17. The summed E-state index contributed by atoms with van der Waals surface area (Å²) in [7, 11) is 0. The van der Waals surface area contributed by atoms with Crippen LogP contribution in [0.2, 0.25) is 0 Å². The summed E-state index contributed by atoms with van der Waals surface area (Å²) in [6.07, 6.45) is 2.39. The van der Waals surface area contributed by atoms with Gasteiger partial charge in [-0.05, 0) is 55.0 Å². The van der Waals surface area contributed by atoms with Gasteiger partial charge in [0.25, 0.3) is 0 Å². The van der Waals surface area contributed by atoms with E-state index in [-0.39, 0.29) is 0 Å². The van der Waals surface area contributed by atoms with E-state index in [1.54, 1.807) is 0 Å². The van der Waals surface area contributed by atoms with E-state index < -0.39 is 0 Å². The summed E-state index contributed by atoms with van der Waals surface area (Å²) in [4.78, 5) is 0. The second kappa shape index (κ2) is 10.6. The Bertz CT molecular complexity index is 976. The highest BCUT2D eigenvalue weighted by Gasteiger charge is 1.98. The maximum atomic E-state index is 2.23. The quantitative estimate of drug-likeness (QED) is 0.326. The average molecular weight is 393 g/mol. The number of rotatable bonds is 4. The van der Waals surface area contributed by atoms with E-state index in [0.717, 1.165) is 0 Å². The van der Waals surface area contributed by atoms with Crippen molar-refractivity contribution in [1.29, 1.82) is 0 Å². The molecular formula is C30H32. The Morgan fingerprint density at radius 2 is 0.667 bits per heavy atom. The first-order chi connectivity index (χ1) is 14.5. The monoisotopic (exact) mass is 392 g/mol. The molecule has 0 amide bonds. The van der Waals surface area contributed by atoms with Crippen LogP contribution in [0.25, 0.3) is 22.3 Å². The molecule has 0 heterocycles. The third-order valence-corrected chi connectivity index (χ3v) is 5.31. The number of hydrogen-bond acceptors (Lipinski definition) is 0. The van der Waals surface area contributed by atoms with Gasteiger partial charge in [0.2, 0.25) is 0 Å². The highest BCUT2D eigenvalue weighted by atomic mass is 14.0. The van der Waals surface area contributed by atoms with Crippen LogP contribution in [-0.4, -0.2) is 0 Å². The van der Waals surface area contributed by atoms with E-state index in [1.165, 1.54) is 57.3 Å². The Labute approximate surface area is 182 Å². The minimum Gasteiger partial charge on any atom is -0.0651 e. The normalized spacial score (nSPS) is 10.3. The largest absolute Gasteiger partial charge is 0.0651 e. The molecule has 4 rings (SSSR count). The molecule has 0 radical (unpaired) electrons. The fourth-order valence-electron chi connectivity index (χ4n) is 3.39. The molecule has 0 atom stereocenters. The molecule has 4 aromatic carbocycles. The maximum absolute atomic E-state index is 2.23. The summed E-state index contributed by atoms with van der Waals surface area (Å²) in [5.74, 6) is 0. The highest BCUT2D eigenvalue weighted by molar-refractivity contribution is 5.64. The van der Waals surface area contributed by atoms with Crippen molar-refractivity contribution in [1.82, 2.24) is 0 Å². The fraction of sp³-hybridized carbons (Fsp3) is 0.200. The summed E-state index contributed by atoms with van der Waals surface area (Å²) in [5.41, 5.74) is 10.5. The van der Waals surface area contributed by atoms with Gasteiger partial charge in [-0.15, -0.1) is 0 Å². The molecule has 30 heavy (non-hydrogen) atoms. The van der Waals surface area contributed by atoms with Crippen molar-refractivity contribution in [3.63, 3.8) is 0 Å². The Morgan fingerprint density at radius 3 is 0.933 bits per heavy atom. The van der Waals surface area contributed by atoms with Crippen molar-refractivity contribution >= 4 is 0 Å². The van der Waals surface area contributed by atoms with Gasteiger partial charge in [0.15, 0.2) is 0 Å². The Kier molecular flexibility index (Phi) is 7.63. The van der Waals surface area contributed by atoms with Gasteiger partial charge in [-0.3, -0.25) is 0 Å². The topological polar surface area (TPSA) is 0 Å². The standard InChI is InChI=1S/C16H18.C14H14/c1-3-4-14-7-11-16(12-8-14)15-9-5-13(2)6-10-15;1-11-3-7-13(8-4-11)14-9-5-12(2)6-10-14/h5-12H,3-4H2,1-2H3;3-10H,1-2H3. The molecule has 0 aliphatic carbocycles. The third kappa shape index (κ3) is 6.19. The number of hydrogen-bond donors (Lipinski definition) is 0. The van der Waals surface area contributed by atoms with Crippen molar-refractivity contribution < 1.29 is 0 Å². The molecule has 0 spiro atoms. The van der Waals surface area contributed by atoms with E-state index in [0.29, 0.717) is 0 Å². The summed E-state index contributed by atoms with van der Waals surface area (Å²) in [5, 5.41) is 0. The third-order valence-electron chi connectivity index (χ3n) is 5.31. The van der Waals surface area contributed by atoms with Crippen molar-refractivity contribution in [3.05, 3.63) is 119 Å². The molecule has 0 aliphatic rings. The van der Waals surface area contributed by atoms with E-state index in [1.807, 2.05) is 0 Å². The van der Waals surface area contributed by atoms with Crippen LogP contribution in [0.5, 0.6) is 0 Å². The van der Waals surface area contributed by atoms with Crippen LogP contribution in [0.4, 0.5) is 0 Å². The second-order valence-corrected chi connectivity index (χ2v) is 8.04. The van der Waals surface area contributed by atoms with Gasteiger partial charge in [0, 0.05) is 0 Å². The molecule has 0 saturated carbocycles.